The van der Waals surface area contributed by atoms with Crippen LogP contribution in [0.4, 0.5) is 0 Å². The minimum atomic E-state index is -0.865. The number of methoxy groups -OCH3 is 1. The highest BCUT2D eigenvalue weighted by molar-refractivity contribution is 6.30. The fourth-order valence-corrected chi connectivity index (χ4v) is 3.11. The number of carboxylic acids is 1. The molecule has 0 bridgehead atoms. The maximum absolute atomic E-state index is 11.1. The van der Waals surface area contributed by atoms with E-state index in [1.807, 2.05) is 4.90 Å². The van der Waals surface area contributed by atoms with E-state index in [-0.39, 0.29) is 18.3 Å². The molecule has 0 atom stereocenters. The van der Waals surface area contributed by atoms with Gasteiger partial charge in [0, 0.05) is 29.2 Å². The van der Waals surface area contributed by atoms with Crippen molar-refractivity contribution in [2.24, 2.45) is 0 Å². The topological polar surface area (TPSA) is 70.0 Å². The fourth-order valence-electron chi connectivity index (χ4n) is 2.88. The number of hydrogen-bond donors (Lipinski definition) is 2. The molecule has 0 heterocycles. The van der Waals surface area contributed by atoms with Crippen LogP contribution in [0.3, 0.4) is 0 Å². The minimum absolute atomic E-state index is 0.0234. The lowest BCUT2D eigenvalue weighted by Gasteiger charge is -2.27. The Hall–Kier alpha value is -1.46. The van der Waals surface area contributed by atoms with Crippen molar-refractivity contribution in [3.05, 3.63) is 22.7 Å². The van der Waals surface area contributed by atoms with Gasteiger partial charge in [-0.3, -0.25) is 9.69 Å². The molecule has 2 N–H and O–H groups in total. The number of hydrogen-bond acceptors (Lipinski definition) is 4. The summed E-state index contributed by atoms with van der Waals surface area (Å²) >= 11 is 6.02. The van der Waals surface area contributed by atoms with Crippen LogP contribution >= 0.6 is 11.6 Å². The van der Waals surface area contributed by atoms with Crippen molar-refractivity contribution in [3.8, 4) is 11.5 Å². The van der Waals surface area contributed by atoms with Crippen LogP contribution in [0.2, 0.25) is 5.02 Å². The molecular weight excluding hydrogens is 294 g/mol. The molecule has 1 aliphatic rings. The van der Waals surface area contributed by atoms with Crippen molar-refractivity contribution in [3.63, 3.8) is 0 Å². The molecule has 1 aromatic rings. The summed E-state index contributed by atoms with van der Waals surface area (Å²) in [5, 5.41) is 19.7. The predicted molar refractivity (Wildman–Crippen MR) is 80.0 cm³/mol. The second-order valence-electron chi connectivity index (χ2n) is 5.35. The fraction of sp³-hybridized carbons (Fsp3) is 0.533. The number of rotatable bonds is 6. The van der Waals surface area contributed by atoms with E-state index < -0.39 is 5.97 Å². The molecule has 5 nitrogen and oxygen atoms in total. The van der Waals surface area contributed by atoms with E-state index in [4.69, 9.17) is 21.4 Å². The van der Waals surface area contributed by atoms with Crippen molar-refractivity contribution in [1.82, 2.24) is 4.90 Å². The van der Waals surface area contributed by atoms with Crippen LogP contribution in [0.15, 0.2) is 12.1 Å². The van der Waals surface area contributed by atoms with Gasteiger partial charge in [-0.25, -0.2) is 0 Å². The highest BCUT2D eigenvalue weighted by Crippen LogP contribution is 2.35. The lowest BCUT2D eigenvalue weighted by molar-refractivity contribution is -0.139. The van der Waals surface area contributed by atoms with Crippen LogP contribution in [0.1, 0.15) is 31.2 Å². The van der Waals surface area contributed by atoms with Crippen molar-refractivity contribution in [1.29, 1.82) is 0 Å². The minimum Gasteiger partial charge on any atom is -0.504 e. The van der Waals surface area contributed by atoms with E-state index in [2.05, 4.69) is 0 Å². The number of aromatic hydroxyl groups is 1. The molecule has 0 amide bonds. The van der Waals surface area contributed by atoms with E-state index in [1.165, 1.54) is 13.2 Å². The van der Waals surface area contributed by atoms with E-state index in [1.54, 1.807) is 6.07 Å². The van der Waals surface area contributed by atoms with Crippen LogP contribution < -0.4 is 4.74 Å². The Balaban J connectivity index is 2.23. The Labute approximate surface area is 129 Å². The van der Waals surface area contributed by atoms with E-state index in [0.29, 0.717) is 22.9 Å². The van der Waals surface area contributed by atoms with Gasteiger partial charge in [-0.2, -0.15) is 0 Å². The summed E-state index contributed by atoms with van der Waals surface area (Å²) in [6.45, 7) is 0.304. The first-order valence-corrected chi connectivity index (χ1v) is 7.40. The number of halogens is 1. The normalized spacial score (nSPS) is 15.6. The van der Waals surface area contributed by atoms with Gasteiger partial charge in [-0.1, -0.05) is 24.4 Å². The van der Waals surface area contributed by atoms with Crippen molar-refractivity contribution in [2.75, 3.05) is 13.7 Å². The van der Waals surface area contributed by atoms with Crippen molar-refractivity contribution in [2.45, 2.75) is 38.3 Å². The van der Waals surface area contributed by atoms with Crippen LogP contribution in [0, 0.1) is 0 Å². The molecule has 0 unspecified atom stereocenters. The second-order valence-corrected chi connectivity index (χ2v) is 5.79. The predicted octanol–water partition coefficient (Wildman–Crippen LogP) is 2.88. The van der Waals surface area contributed by atoms with Crippen LogP contribution in [0.25, 0.3) is 0 Å². The number of ether oxygens (including phenoxy) is 1. The largest absolute Gasteiger partial charge is 0.504 e. The Kier molecular flexibility index (Phi) is 5.31. The van der Waals surface area contributed by atoms with Crippen molar-refractivity contribution >= 4 is 17.6 Å². The summed E-state index contributed by atoms with van der Waals surface area (Å²) in [5.41, 5.74) is 0.590. The Bertz CT molecular complexity index is 515. The molecule has 0 aliphatic heterocycles. The third-order valence-corrected chi connectivity index (χ3v) is 4.11. The molecule has 21 heavy (non-hydrogen) atoms. The molecule has 1 saturated carbocycles. The van der Waals surface area contributed by atoms with Gasteiger partial charge < -0.3 is 14.9 Å². The van der Waals surface area contributed by atoms with Gasteiger partial charge in [-0.15, -0.1) is 0 Å². The maximum atomic E-state index is 11.1. The molecule has 0 spiro atoms. The average molecular weight is 314 g/mol. The third kappa shape index (κ3) is 4.02. The number of aliphatic carboxylic acids is 1. The van der Waals surface area contributed by atoms with Gasteiger partial charge in [-0.05, 0) is 18.9 Å². The second kappa shape index (κ2) is 7.00. The summed E-state index contributed by atoms with van der Waals surface area (Å²) in [6.07, 6.45) is 4.22. The number of phenolic OH excluding ortho intramolecular Hbond substituents is 1. The van der Waals surface area contributed by atoms with Crippen molar-refractivity contribution < 1.29 is 19.7 Å². The zero-order valence-corrected chi connectivity index (χ0v) is 12.8. The smallest absolute Gasteiger partial charge is 0.317 e. The Morgan fingerprint density at radius 2 is 2.10 bits per heavy atom. The standard InChI is InChI=1S/C15H20ClNO4/c1-21-13-7-11(16)6-10(15(13)20)8-17(9-14(18)19)12-4-2-3-5-12/h6-7,12,20H,2-5,8-9H2,1H3,(H,18,19). The summed E-state index contributed by atoms with van der Waals surface area (Å²) in [6, 6.07) is 3.44. The molecule has 1 aromatic carbocycles. The Morgan fingerprint density at radius 1 is 1.43 bits per heavy atom. The Morgan fingerprint density at radius 3 is 2.67 bits per heavy atom. The zero-order chi connectivity index (χ0) is 15.4. The zero-order valence-electron chi connectivity index (χ0n) is 12.0. The molecule has 116 valence electrons. The number of nitrogens with zero attached hydrogens (tertiary/aromatic N) is 1. The molecule has 2 rings (SSSR count). The van der Waals surface area contributed by atoms with E-state index in [0.717, 1.165) is 25.7 Å². The summed E-state index contributed by atoms with van der Waals surface area (Å²) in [5.74, 6) is -0.537. The van der Waals surface area contributed by atoms with Gasteiger partial charge in [0.1, 0.15) is 0 Å². The quantitative estimate of drug-likeness (QED) is 0.845. The monoisotopic (exact) mass is 313 g/mol. The summed E-state index contributed by atoms with van der Waals surface area (Å²) < 4.78 is 5.09. The van der Waals surface area contributed by atoms with Gasteiger partial charge in [0.15, 0.2) is 11.5 Å². The van der Waals surface area contributed by atoms with Crippen LogP contribution in [-0.2, 0) is 11.3 Å². The highest BCUT2D eigenvalue weighted by Gasteiger charge is 2.25. The number of phenols is 1. The summed E-state index contributed by atoms with van der Waals surface area (Å²) in [4.78, 5) is 13.0. The first-order valence-electron chi connectivity index (χ1n) is 7.02. The van der Waals surface area contributed by atoms with Gasteiger partial charge in [0.2, 0.25) is 0 Å². The third-order valence-electron chi connectivity index (χ3n) is 3.89. The highest BCUT2D eigenvalue weighted by atomic mass is 35.5. The first kappa shape index (κ1) is 15.9. The molecule has 6 heteroatoms. The van der Waals surface area contributed by atoms with Gasteiger partial charge in [0.25, 0.3) is 0 Å². The van der Waals surface area contributed by atoms with E-state index in [9.17, 15) is 9.90 Å². The summed E-state index contributed by atoms with van der Waals surface area (Å²) in [7, 11) is 1.46. The number of carboxylic acid groups (broad SMARTS) is 1. The lowest BCUT2D eigenvalue weighted by Crippen LogP contribution is -2.37. The SMILES string of the molecule is COc1cc(Cl)cc(CN(CC(=O)O)C2CCCC2)c1O. The average Bonchev–Trinajstić information content (AvgIpc) is 2.95. The van der Waals surface area contributed by atoms with E-state index >= 15 is 0 Å². The molecule has 1 fully saturated rings. The molecule has 0 saturated heterocycles. The molecule has 1 aliphatic carbocycles. The number of carbonyl (C=O) groups is 1. The maximum Gasteiger partial charge on any atom is 0.317 e. The molecule has 0 aromatic heterocycles. The van der Waals surface area contributed by atoms with Gasteiger partial charge in [0.05, 0.1) is 13.7 Å². The lowest BCUT2D eigenvalue weighted by atomic mass is 10.1. The van der Waals surface area contributed by atoms with Gasteiger partial charge >= 0.3 is 5.97 Å². The first-order chi connectivity index (χ1) is 10.0. The van der Waals surface area contributed by atoms with Crippen LogP contribution in [-0.4, -0.2) is 40.8 Å². The molecule has 0 radical (unpaired) electrons. The number of benzene rings is 1. The molecular formula is C15H20ClNO4. The van der Waals surface area contributed by atoms with Crippen LogP contribution in [0.5, 0.6) is 11.5 Å².